The summed E-state index contributed by atoms with van der Waals surface area (Å²) in [4.78, 5) is 19.4. The lowest BCUT2D eigenvalue weighted by Gasteiger charge is -2.15. The second-order valence-corrected chi connectivity index (χ2v) is 10.4. The summed E-state index contributed by atoms with van der Waals surface area (Å²) in [5, 5.41) is 16.3. The second kappa shape index (κ2) is 10.2. The van der Waals surface area contributed by atoms with Gasteiger partial charge in [-0.15, -0.1) is 21.5 Å². The van der Waals surface area contributed by atoms with E-state index in [4.69, 9.17) is 16.6 Å². The number of fused-ring (bicyclic) bond motifs is 3. The van der Waals surface area contributed by atoms with E-state index >= 15 is 0 Å². The number of amides is 2. The maximum atomic E-state index is 13.0. The molecule has 1 aliphatic heterocycles. The Morgan fingerprint density at radius 3 is 2.67 bits per heavy atom. The fourth-order valence-corrected chi connectivity index (χ4v) is 5.63. The molecule has 0 aliphatic carbocycles. The molecule has 2 amide bonds. The molecule has 2 aromatic carbocycles. The Hall–Kier alpha value is -3.49. The molecule has 5 rings (SSSR count). The number of aliphatic imine (C=N–C) groups is 1. The minimum absolute atomic E-state index is 0.370. The standard InChI is InChI=1S/C27H27ClN6OS/c1-4-5-9-21-15-22-23(18-10-12-19(28)13-11-18)30-24(25-33-32-17(3)34(25)26(22)36-21)31-27(35)29-20-8-6-7-16(2)14-20/h6-8,10-15,24H,4-5,9H2,1-3H3,(H2,29,31,35). The number of aryl methyl sites for hydroxylation is 3. The highest BCUT2D eigenvalue weighted by Crippen LogP contribution is 2.36. The van der Waals surface area contributed by atoms with Gasteiger partial charge in [0.05, 0.1) is 5.71 Å². The van der Waals surface area contributed by atoms with Crippen LogP contribution in [0, 0.1) is 13.8 Å². The Labute approximate surface area is 219 Å². The summed E-state index contributed by atoms with van der Waals surface area (Å²) in [6.07, 6.45) is 2.50. The van der Waals surface area contributed by atoms with Gasteiger partial charge in [0.1, 0.15) is 10.8 Å². The molecule has 0 saturated heterocycles. The van der Waals surface area contributed by atoms with Gasteiger partial charge in [0.15, 0.2) is 12.0 Å². The third kappa shape index (κ3) is 4.92. The van der Waals surface area contributed by atoms with Crippen molar-refractivity contribution < 1.29 is 4.79 Å². The lowest BCUT2D eigenvalue weighted by Crippen LogP contribution is -2.33. The summed E-state index contributed by atoms with van der Waals surface area (Å²) in [5.41, 5.74) is 4.47. The van der Waals surface area contributed by atoms with Gasteiger partial charge >= 0.3 is 6.03 Å². The molecular weight excluding hydrogens is 492 g/mol. The number of rotatable bonds is 6. The number of nitrogens with zero attached hydrogens (tertiary/aromatic N) is 4. The number of thiophene rings is 1. The second-order valence-electron chi connectivity index (χ2n) is 8.83. The molecule has 1 aliphatic rings. The topological polar surface area (TPSA) is 84.2 Å². The van der Waals surface area contributed by atoms with Crippen LogP contribution in [0.15, 0.2) is 59.6 Å². The van der Waals surface area contributed by atoms with Gasteiger partial charge in [-0.05, 0) is 62.6 Å². The molecule has 0 fully saturated rings. The summed E-state index contributed by atoms with van der Waals surface area (Å²) in [6, 6.07) is 17.1. The number of hydrogen-bond acceptors (Lipinski definition) is 5. The van der Waals surface area contributed by atoms with Crippen molar-refractivity contribution in [3.8, 4) is 5.00 Å². The van der Waals surface area contributed by atoms with E-state index in [2.05, 4.69) is 33.8 Å². The van der Waals surface area contributed by atoms with Gasteiger partial charge < -0.3 is 10.6 Å². The zero-order valence-electron chi connectivity index (χ0n) is 20.4. The normalized spacial score (nSPS) is 14.4. The molecule has 7 nitrogen and oxygen atoms in total. The summed E-state index contributed by atoms with van der Waals surface area (Å²) in [7, 11) is 0. The Balaban J connectivity index is 1.58. The van der Waals surface area contributed by atoms with Gasteiger partial charge in [-0.2, -0.15) is 0 Å². The first kappa shape index (κ1) is 24.2. The Morgan fingerprint density at radius 2 is 1.92 bits per heavy atom. The highest BCUT2D eigenvalue weighted by molar-refractivity contribution is 7.15. The van der Waals surface area contributed by atoms with Crippen molar-refractivity contribution in [2.75, 3.05) is 5.32 Å². The van der Waals surface area contributed by atoms with Crippen LogP contribution in [-0.2, 0) is 6.42 Å². The van der Waals surface area contributed by atoms with Crippen molar-refractivity contribution in [2.24, 2.45) is 4.99 Å². The Morgan fingerprint density at radius 1 is 1.11 bits per heavy atom. The van der Waals surface area contributed by atoms with Crippen LogP contribution in [0.25, 0.3) is 5.00 Å². The van der Waals surface area contributed by atoms with Crippen molar-refractivity contribution in [2.45, 2.75) is 46.2 Å². The summed E-state index contributed by atoms with van der Waals surface area (Å²) in [6.45, 7) is 6.09. The molecular formula is C27H27ClN6OS. The fourth-order valence-electron chi connectivity index (χ4n) is 4.25. The first-order chi connectivity index (χ1) is 17.4. The van der Waals surface area contributed by atoms with Crippen molar-refractivity contribution in [1.29, 1.82) is 0 Å². The van der Waals surface area contributed by atoms with Crippen molar-refractivity contribution in [3.05, 3.63) is 92.8 Å². The number of nitrogens with one attached hydrogen (secondary N) is 2. The molecule has 0 spiro atoms. The van der Waals surface area contributed by atoms with Gasteiger partial charge in [-0.3, -0.25) is 9.56 Å². The van der Waals surface area contributed by atoms with E-state index in [0.29, 0.717) is 16.5 Å². The molecule has 1 unspecified atom stereocenters. The highest BCUT2D eigenvalue weighted by Gasteiger charge is 2.31. The minimum atomic E-state index is -0.736. The first-order valence-corrected chi connectivity index (χ1v) is 13.2. The maximum Gasteiger partial charge on any atom is 0.321 e. The molecule has 2 aromatic heterocycles. The average Bonchev–Trinajstić information content (AvgIpc) is 3.41. The Kier molecular flexibility index (Phi) is 6.89. The zero-order valence-corrected chi connectivity index (χ0v) is 22.0. The number of halogens is 1. The number of benzene rings is 2. The monoisotopic (exact) mass is 518 g/mol. The summed E-state index contributed by atoms with van der Waals surface area (Å²) < 4.78 is 2.01. The van der Waals surface area contributed by atoms with Gasteiger partial charge in [0.2, 0.25) is 0 Å². The van der Waals surface area contributed by atoms with Crippen LogP contribution >= 0.6 is 22.9 Å². The molecule has 3 heterocycles. The molecule has 0 radical (unpaired) electrons. The fraction of sp³-hybridized carbons (Fsp3) is 0.259. The smallest absolute Gasteiger partial charge is 0.309 e. The van der Waals surface area contributed by atoms with E-state index < -0.39 is 6.17 Å². The van der Waals surface area contributed by atoms with Crippen LogP contribution in [0.5, 0.6) is 0 Å². The van der Waals surface area contributed by atoms with E-state index in [1.165, 1.54) is 4.88 Å². The third-order valence-corrected chi connectivity index (χ3v) is 7.44. The molecule has 2 N–H and O–H groups in total. The van der Waals surface area contributed by atoms with Gasteiger partial charge in [0, 0.05) is 26.7 Å². The SMILES string of the molecule is CCCCc1cc2c(s1)-n1c(C)nnc1C(NC(=O)Nc1cccc(C)c1)N=C2c1ccc(Cl)cc1. The van der Waals surface area contributed by atoms with E-state index in [0.717, 1.165) is 52.5 Å². The zero-order chi connectivity index (χ0) is 25.2. The summed E-state index contributed by atoms with van der Waals surface area (Å²) >= 11 is 7.91. The van der Waals surface area contributed by atoms with Crippen LogP contribution in [0.4, 0.5) is 10.5 Å². The van der Waals surface area contributed by atoms with Gasteiger partial charge in [-0.25, -0.2) is 4.79 Å². The van der Waals surface area contributed by atoms with E-state index in [-0.39, 0.29) is 6.03 Å². The third-order valence-electron chi connectivity index (χ3n) is 6.01. The lowest BCUT2D eigenvalue weighted by atomic mass is 10.0. The molecule has 4 aromatic rings. The number of urea groups is 1. The first-order valence-electron chi connectivity index (χ1n) is 12.0. The minimum Gasteiger partial charge on any atom is -0.309 e. The van der Waals surface area contributed by atoms with Crippen LogP contribution < -0.4 is 10.6 Å². The number of hydrogen-bond donors (Lipinski definition) is 2. The predicted octanol–water partition coefficient (Wildman–Crippen LogP) is 6.61. The van der Waals surface area contributed by atoms with Crippen molar-refractivity contribution in [3.63, 3.8) is 0 Å². The number of carbonyl (C=O) groups is 1. The molecule has 9 heteroatoms. The highest BCUT2D eigenvalue weighted by atomic mass is 35.5. The largest absolute Gasteiger partial charge is 0.321 e. The molecule has 0 saturated carbocycles. The van der Waals surface area contributed by atoms with Gasteiger partial charge in [0.25, 0.3) is 0 Å². The van der Waals surface area contributed by atoms with Crippen molar-refractivity contribution in [1.82, 2.24) is 20.1 Å². The van der Waals surface area contributed by atoms with Crippen LogP contribution in [-0.4, -0.2) is 26.5 Å². The van der Waals surface area contributed by atoms with E-state index in [1.807, 2.05) is 66.9 Å². The van der Waals surface area contributed by atoms with Gasteiger partial charge in [-0.1, -0.05) is 49.2 Å². The number of carbonyl (C=O) groups excluding carboxylic acids is 1. The molecule has 1 atom stereocenters. The van der Waals surface area contributed by atoms with E-state index in [1.54, 1.807) is 11.3 Å². The molecule has 0 bridgehead atoms. The molecule has 184 valence electrons. The predicted molar refractivity (Wildman–Crippen MR) is 146 cm³/mol. The number of anilines is 1. The van der Waals surface area contributed by atoms with Crippen molar-refractivity contribution >= 4 is 40.4 Å². The van der Waals surface area contributed by atoms with Crippen LogP contribution in [0.2, 0.25) is 5.02 Å². The van der Waals surface area contributed by atoms with E-state index in [9.17, 15) is 4.79 Å². The average molecular weight is 519 g/mol. The Bertz CT molecular complexity index is 1440. The quantitative estimate of drug-likeness (QED) is 0.301. The van der Waals surface area contributed by atoms with Crippen LogP contribution in [0.1, 0.15) is 59.1 Å². The number of aromatic nitrogens is 3. The number of unbranched alkanes of at least 4 members (excludes halogenated alkanes) is 1. The summed E-state index contributed by atoms with van der Waals surface area (Å²) in [5.74, 6) is 1.31. The lowest BCUT2D eigenvalue weighted by molar-refractivity contribution is 0.248. The maximum absolute atomic E-state index is 13.0. The molecule has 36 heavy (non-hydrogen) atoms. The van der Waals surface area contributed by atoms with Crippen LogP contribution in [0.3, 0.4) is 0 Å².